The van der Waals surface area contributed by atoms with Crippen LogP contribution in [0, 0.1) is 0 Å². The first-order valence-corrected chi connectivity index (χ1v) is 10.1. The predicted molar refractivity (Wildman–Crippen MR) is 108 cm³/mol. The largest absolute Gasteiger partial charge is 0.493 e. The van der Waals surface area contributed by atoms with Crippen LogP contribution in [-0.4, -0.2) is 44.3 Å². The predicted octanol–water partition coefficient (Wildman–Crippen LogP) is 3.41. The zero-order valence-corrected chi connectivity index (χ0v) is 16.6. The smallest absolute Gasteiger partial charge is 0.161 e. The number of aliphatic hydroxyl groups is 1. The first kappa shape index (κ1) is 20.0. The van der Waals surface area contributed by atoms with Gasteiger partial charge in [0.05, 0.1) is 33.5 Å². The molecule has 0 radical (unpaired) electrons. The van der Waals surface area contributed by atoms with Gasteiger partial charge in [-0.25, -0.2) is 0 Å². The molecule has 0 amide bonds. The van der Waals surface area contributed by atoms with E-state index >= 15 is 0 Å². The average Bonchev–Trinajstić information content (AvgIpc) is 2.72. The number of hydrogen-bond donors (Lipinski definition) is 2. The fourth-order valence-corrected chi connectivity index (χ4v) is 4.30. The van der Waals surface area contributed by atoms with Gasteiger partial charge in [-0.15, -0.1) is 11.8 Å². The van der Waals surface area contributed by atoms with Crippen LogP contribution in [0.4, 0.5) is 0 Å². The van der Waals surface area contributed by atoms with Gasteiger partial charge in [0, 0.05) is 17.5 Å². The zero-order valence-electron chi connectivity index (χ0n) is 15.8. The molecule has 3 rings (SSSR count). The van der Waals surface area contributed by atoms with E-state index in [0.29, 0.717) is 30.7 Å². The summed E-state index contributed by atoms with van der Waals surface area (Å²) in [5.74, 6) is 2.46. The normalized spacial score (nSPS) is 17.2. The maximum atomic E-state index is 10.3. The van der Waals surface area contributed by atoms with E-state index in [0.717, 1.165) is 17.7 Å². The first-order valence-electron chi connectivity index (χ1n) is 9.13. The van der Waals surface area contributed by atoms with Crippen LogP contribution in [0.3, 0.4) is 0 Å². The van der Waals surface area contributed by atoms with E-state index in [1.165, 1.54) is 10.5 Å². The van der Waals surface area contributed by atoms with Crippen molar-refractivity contribution in [3.63, 3.8) is 0 Å². The molecule has 0 saturated heterocycles. The third kappa shape index (κ3) is 5.39. The number of benzene rings is 2. The van der Waals surface area contributed by atoms with Crippen molar-refractivity contribution < 1.29 is 19.3 Å². The fourth-order valence-electron chi connectivity index (χ4n) is 3.17. The van der Waals surface area contributed by atoms with Gasteiger partial charge in [0.2, 0.25) is 0 Å². The molecule has 0 fully saturated rings. The number of nitrogens with one attached hydrogen (secondary N) is 1. The van der Waals surface area contributed by atoms with Crippen LogP contribution in [0.5, 0.6) is 11.5 Å². The average molecular weight is 390 g/mol. The van der Waals surface area contributed by atoms with Gasteiger partial charge in [-0.05, 0) is 41.5 Å². The molecule has 0 aliphatic carbocycles. The number of ether oxygens (including phenoxy) is 3. The van der Waals surface area contributed by atoms with Crippen LogP contribution in [0.1, 0.15) is 23.6 Å². The van der Waals surface area contributed by atoms with Crippen LogP contribution in [0.2, 0.25) is 0 Å². The fraction of sp³-hybridized carbons (Fsp3) is 0.429. The summed E-state index contributed by atoms with van der Waals surface area (Å²) in [5, 5.41) is 13.7. The molecule has 1 heterocycles. The minimum atomic E-state index is -0.549. The van der Waals surface area contributed by atoms with Gasteiger partial charge in [0.25, 0.3) is 0 Å². The van der Waals surface area contributed by atoms with Crippen molar-refractivity contribution in [1.82, 2.24) is 5.32 Å². The number of aliphatic hydroxyl groups excluding tert-OH is 1. The third-order valence-corrected chi connectivity index (χ3v) is 5.71. The van der Waals surface area contributed by atoms with E-state index in [1.807, 2.05) is 30.0 Å². The van der Waals surface area contributed by atoms with E-state index in [9.17, 15) is 5.11 Å². The van der Waals surface area contributed by atoms with Crippen LogP contribution >= 0.6 is 11.8 Å². The summed E-state index contributed by atoms with van der Waals surface area (Å²) in [7, 11) is 3.22. The molecular weight excluding hydrogens is 362 g/mol. The van der Waals surface area contributed by atoms with E-state index in [1.54, 1.807) is 14.2 Å². The molecule has 0 unspecified atom stereocenters. The monoisotopic (exact) mass is 389 g/mol. The SMILES string of the molecule is COc1ccc(COC[C@H](O)CN[C@@H]2CCSc3ccccc32)cc1OC. The Bertz CT molecular complexity index is 740. The molecule has 1 aliphatic rings. The molecule has 27 heavy (non-hydrogen) atoms. The second-order valence-corrected chi connectivity index (χ2v) is 7.63. The molecule has 0 saturated carbocycles. The van der Waals surface area contributed by atoms with Crippen molar-refractivity contribution in [2.45, 2.75) is 30.1 Å². The molecule has 2 aromatic carbocycles. The highest BCUT2D eigenvalue weighted by molar-refractivity contribution is 7.99. The van der Waals surface area contributed by atoms with Crippen molar-refractivity contribution in [3.8, 4) is 11.5 Å². The van der Waals surface area contributed by atoms with Gasteiger partial charge in [0.1, 0.15) is 0 Å². The molecular formula is C21H27NO4S. The summed E-state index contributed by atoms with van der Waals surface area (Å²) >= 11 is 1.90. The van der Waals surface area contributed by atoms with Gasteiger partial charge in [-0.1, -0.05) is 24.3 Å². The topological polar surface area (TPSA) is 60.0 Å². The Kier molecular flexibility index (Phi) is 7.41. The summed E-state index contributed by atoms with van der Waals surface area (Å²) in [5.41, 5.74) is 2.30. The summed E-state index contributed by atoms with van der Waals surface area (Å²) in [6.45, 7) is 1.21. The summed E-state index contributed by atoms with van der Waals surface area (Å²) in [4.78, 5) is 1.33. The Labute approximate surface area is 165 Å². The van der Waals surface area contributed by atoms with Crippen LogP contribution < -0.4 is 14.8 Å². The van der Waals surface area contributed by atoms with Crippen molar-refractivity contribution in [3.05, 3.63) is 53.6 Å². The Morgan fingerprint density at radius 1 is 1.15 bits per heavy atom. The third-order valence-electron chi connectivity index (χ3n) is 4.59. The highest BCUT2D eigenvalue weighted by Crippen LogP contribution is 2.35. The molecule has 2 N–H and O–H groups in total. The second-order valence-electron chi connectivity index (χ2n) is 6.49. The summed E-state index contributed by atoms with van der Waals surface area (Å²) < 4.78 is 16.2. The molecule has 0 aromatic heterocycles. The van der Waals surface area contributed by atoms with Gasteiger partial charge in [0.15, 0.2) is 11.5 Å². The molecule has 146 valence electrons. The highest BCUT2D eigenvalue weighted by atomic mass is 32.2. The quantitative estimate of drug-likeness (QED) is 0.685. The van der Waals surface area contributed by atoms with Crippen molar-refractivity contribution in [1.29, 1.82) is 0 Å². The van der Waals surface area contributed by atoms with E-state index in [4.69, 9.17) is 14.2 Å². The van der Waals surface area contributed by atoms with Crippen LogP contribution in [0.25, 0.3) is 0 Å². The first-order chi connectivity index (χ1) is 13.2. The Hall–Kier alpha value is -1.73. The number of hydrogen-bond acceptors (Lipinski definition) is 6. The van der Waals surface area contributed by atoms with Crippen molar-refractivity contribution in [2.24, 2.45) is 0 Å². The maximum absolute atomic E-state index is 10.3. The molecule has 1 aliphatic heterocycles. The van der Waals surface area contributed by atoms with Crippen molar-refractivity contribution >= 4 is 11.8 Å². The van der Waals surface area contributed by atoms with Gasteiger partial charge in [-0.3, -0.25) is 0 Å². The van der Waals surface area contributed by atoms with Gasteiger partial charge >= 0.3 is 0 Å². The number of fused-ring (bicyclic) bond motifs is 1. The molecule has 2 aromatic rings. The van der Waals surface area contributed by atoms with E-state index in [-0.39, 0.29) is 6.61 Å². The second kappa shape index (κ2) is 9.99. The Balaban J connectivity index is 1.44. The molecule has 0 spiro atoms. The molecule has 5 nitrogen and oxygen atoms in total. The summed E-state index contributed by atoms with van der Waals surface area (Å²) in [6.07, 6.45) is 0.521. The Morgan fingerprint density at radius 3 is 2.78 bits per heavy atom. The van der Waals surface area contributed by atoms with Crippen LogP contribution in [0.15, 0.2) is 47.4 Å². The zero-order chi connectivity index (χ0) is 19.1. The van der Waals surface area contributed by atoms with Gasteiger partial charge in [-0.2, -0.15) is 0 Å². The number of thioether (sulfide) groups is 1. The number of rotatable bonds is 9. The lowest BCUT2D eigenvalue weighted by atomic mass is 10.0. The molecule has 2 atom stereocenters. The van der Waals surface area contributed by atoms with Gasteiger partial charge < -0.3 is 24.6 Å². The minimum absolute atomic E-state index is 0.282. The summed E-state index contributed by atoms with van der Waals surface area (Å²) in [6, 6.07) is 14.4. The number of methoxy groups -OCH3 is 2. The standard InChI is InChI=1S/C21H27NO4S/c1-24-19-8-7-15(11-20(19)25-2)13-26-14-16(23)12-22-18-9-10-27-21-6-4-3-5-17(18)21/h3-8,11,16,18,22-23H,9-10,12-14H2,1-2H3/t16-,18-/m1/s1. The Morgan fingerprint density at radius 2 is 1.96 bits per heavy atom. The maximum Gasteiger partial charge on any atom is 0.161 e. The van der Waals surface area contributed by atoms with Crippen molar-refractivity contribution in [2.75, 3.05) is 33.1 Å². The lowest BCUT2D eigenvalue weighted by Gasteiger charge is -2.27. The van der Waals surface area contributed by atoms with E-state index in [2.05, 4.69) is 29.6 Å². The van der Waals surface area contributed by atoms with E-state index < -0.39 is 6.10 Å². The molecule has 6 heteroatoms. The van der Waals surface area contributed by atoms with Crippen LogP contribution in [-0.2, 0) is 11.3 Å². The lowest BCUT2D eigenvalue weighted by molar-refractivity contribution is 0.0274. The minimum Gasteiger partial charge on any atom is -0.493 e. The highest BCUT2D eigenvalue weighted by Gasteiger charge is 2.20. The lowest BCUT2D eigenvalue weighted by Crippen LogP contribution is -2.34. The molecule has 0 bridgehead atoms.